The van der Waals surface area contributed by atoms with Gasteiger partial charge in [-0.1, -0.05) is 38.3 Å². The van der Waals surface area contributed by atoms with Crippen molar-refractivity contribution in [2.24, 2.45) is 0 Å². The fourth-order valence-corrected chi connectivity index (χ4v) is 1.41. The molecule has 2 nitrogen and oxygen atoms in total. The Hall–Kier alpha value is -1.02. The Morgan fingerprint density at radius 2 is 1.80 bits per heavy atom. The highest BCUT2D eigenvalue weighted by atomic mass is 16.5. The highest BCUT2D eigenvalue weighted by molar-refractivity contribution is 5.26. The Balaban J connectivity index is 2.20. The maximum atomic E-state index is 8.86. The highest BCUT2D eigenvalue weighted by Gasteiger charge is 1.94. The van der Waals surface area contributed by atoms with Gasteiger partial charge in [-0.15, -0.1) is 0 Å². The van der Waals surface area contributed by atoms with Crippen LogP contribution in [0.15, 0.2) is 24.3 Å². The summed E-state index contributed by atoms with van der Waals surface area (Å²) < 4.78 is 5.57. The van der Waals surface area contributed by atoms with E-state index >= 15 is 0 Å². The summed E-state index contributed by atoms with van der Waals surface area (Å²) in [6.07, 6.45) is 4.90. The van der Waals surface area contributed by atoms with E-state index in [4.69, 9.17) is 9.84 Å². The second kappa shape index (κ2) is 7.30. The van der Waals surface area contributed by atoms with Gasteiger partial charge >= 0.3 is 0 Å². The number of benzene rings is 1. The summed E-state index contributed by atoms with van der Waals surface area (Å²) in [5, 5.41) is 8.86. The number of rotatable bonds is 7. The Bertz CT molecular complexity index is 254. The molecule has 0 atom stereocenters. The van der Waals surface area contributed by atoms with E-state index in [1.807, 2.05) is 24.3 Å². The number of hydrogen-bond donors (Lipinski definition) is 1. The lowest BCUT2D eigenvalue weighted by atomic mass is 10.2. The maximum Gasteiger partial charge on any atom is 0.119 e. The quantitative estimate of drug-likeness (QED) is 0.697. The van der Waals surface area contributed by atoms with Gasteiger partial charge in [-0.25, -0.2) is 0 Å². The molecule has 0 fully saturated rings. The molecule has 2 heteroatoms. The topological polar surface area (TPSA) is 29.5 Å². The van der Waals surface area contributed by atoms with Crippen LogP contribution in [-0.2, 0) is 6.61 Å². The van der Waals surface area contributed by atoms with E-state index in [1.54, 1.807) is 0 Å². The van der Waals surface area contributed by atoms with E-state index in [2.05, 4.69) is 6.92 Å². The smallest absolute Gasteiger partial charge is 0.119 e. The molecule has 0 spiro atoms. The molecule has 1 rings (SSSR count). The number of hydrogen-bond acceptors (Lipinski definition) is 2. The first-order chi connectivity index (χ1) is 7.36. The largest absolute Gasteiger partial charge is 0.494 e. The maximum absolute atomic E-state index is 8.86. The Kier molecular flexibility index (Phi) is 5.86. The zero-order chi connectivity index (χ0) is 10.9. The molecule has 0 aliphatic heterocycles. The fourth-order valence-electron chi connectivity index (χ4n) is 1.41. The lowest BCUT2D eigenvalue weighted by Gasteiger charge is -2.06. The van der Waals surface area contributed by atoms with Crippen LogP contribution in [0.25, 0.3) is 0 Å². The van der Waals surface area contributed by atoms with Crippen LogP contribution < -0.4 is 4.74 Å². The predicted octanol–water partition coefficient (Wildman–Crippen LogP) is 3.14. The van der Waals surface area contributed by atoms with Crippen molar-refractivity contribution in [1.29, 1.82) is 0 Å². The highest BCUT2D eigenvalue weighted by Crippen LogP contribution is 2.12. The van der Waals surface area contributed by atoms with Crippen molar-refractivity contribution in [3.05, 3.63) is 29.8 Å². The third-order valence-corrected chi connectivity index (χ3v) is 2.37. The summed E-state index contributed by atoms with van der Waals surface area (Å²) in [5.41, 5.74) is 0.924. The zero-order valence-corrected chi connectivity index (χ0v) is 9.41. The summed E-state index contributed by atoms with van der Waals surface area (Å²) in [5.74, 6) is 0.892. The van der Waals surface area contributed by atoms with E-state index in [0.717, 1.165) is 24.3 Å². The first-order valence-corrected chi connectivity index (χ1v) is 5.69. The predicted molar refractivity (Wildman–Crippen MR) is 62.0 cm³/mol. The van der Waals surface area contributed by atoms with Crippen LogP contribution in [0, 0.1) is 0 Å². The molecule has 0 aromatic heterocycles. The van der Waals surface area contributed by atoms with E-state index < -0.39 is 0 Å². The summed E-state index contributed by atoms with van der Waals surface area (Å²) in [7, 11) is 0. The molecule has 0 saturated heterocycles. The molecule has 84 valence electrons. The van der Waals surface area contributed by atoms with E-state index in [1.165, 1.54) is 19.3 Å². The molecule has 15 heavy (non-hydrogen) atoms. The van der Waals surface area contributed by atoms with Gasteiger partial charge in [0.15, 0.2) is 0 Å². The van der Waals surface area contributed by atoms with Gasteiger partial charge < -0.3 is 9.84 Å². The normalized spacial score (nSPS) is 10.3. The Labute approximate surface area is 91.9 Å². The molecular weight excluding hydrogens is 188 g/mol. The Morgan fingerprint density at radius 3 is 2.40 bits per heavy atom. The van der Waals surface area contributed by atoms with Crippen molar-refractivity contribution in [3.8, 4) is 5.75 Å². The number of aliphatic hydroxyl groups excluding tert-OH is 1. The zero-order valence-electron chi connectivity index (χ0n) is 9.41. The molecule has 1 aromatic carbocycles. The SMILES string of the molecule is CCCCCCOc1ccc(CO)cc1. The summed E-state index contributed by atoms with van der Waals surface area (Å²) >= 11 is 0. The summed E-state index contributed by atoms with van der Waals surface area (Å²) in [4.78, 5) is 0. The molecule has 0 unspecified atom stereocenters. The van der Waals surface area contributed by atoms with Crippen LogP contribution in [0.2, 0.25) is 0 Å². The van der Waals surface area contributed by atoms with Crippen molar-refractivity contribution in [1.82, 2.24) is 0 Å². The van der Waals surface area contributed by atoms with Gasteiger partial charge in [-0.3, -0.25) is 0 Å². The van der Waals surface area contributed by atoms with Gasteiger partial charge in [0.2, 0.25) is 0 Å². The van der Waals surface area contributed by atoms with E-state index in [-0.39, 0.29) is 6.61 Å². The third-order valence-electron chi connectivity index (χ3n) is 2.37. The molecule has 0 bridgehead atoms. The monoisotopic (exact) mass is 208 g/mol. The first-order valence-electron chi connectivity index (χ1n) is 5.69. The molecule has 0 radical (unpaired) electrons. The van der Waals surface area contributed by atoms with Gasteiger partial charge in [-0.2, -0.15) is 0 Å². The first kappa shape index (κ1) is 12.1. The average Bonchev–Trinajstić information content (AvgIpc) is 2.30. The van der Waals surface area contributed by atoms with Crippen molar-refractivity contribution in [2.45, 2.75) is 39.2 Å². The van der Waals surface area contributed by atoms with Crippen molar-refractivity contribution in [2.75, 3.05) is 6.61 Å². The van der Waals surface area contributed by atoms with Crippen molar-refractivity contribution < 1.29 is 9.84 Å². The molecule has 0 saturated carbocycles. The molecule has 0 aliphatic rings. The second-order valence-corrected chi connectivity index (χ2v) is 3.71. The van der Waals surface area contributed by atoms with E-state index in [0.29, 0.717) is 0 Å². The number of aliphatic hydroxyl groups is 1. The molecular formula is C13H20O2. The van der Waals surface area contributed by atoms with Crippen molar-refractivity contribution >= 4 is 0 Å². The minimum atomic E-state index is 0.0940. The van der Waals surface area contributed by atoms with Crippen LogP contribution in [0.5, 0.6) is 5.75 Å². The van der Waals surface area contributed by atoms with Crippen molar-refractivity contribution in [3.63, 3.8) is 0 Å². The summed E-state index contributed by atoms with van der Waals surface area (Å²) in [6.45, 7) is 3.09. The molecule has 0 heterocycles. The lowest BCUT2D eigenvalue weighted by Crippen LogP contribution is -1.97. The number of ether oxygens (including phenoxy) is 1. The minimum Gasteiger partial charge on any atom is -0.494 e. The van der Waals surface area contributed by atoms with E-state index in [9.17, 15) is 0 Å². The standard InChI is InChI=1S/C13H20O2/c1-2-3-4-5-10-15-13-8-6-12(11-14)7-9-13/h6-9,14H,2-5,10-11H2,1H3. The molecule has 1 N–H and O–H groups in total. The summed E-state index contributed by atoms with van der Waals surface area (Å²) in [6, 6.07) is 7.60. The molecule has 0 amide bonds. The molecule has 1 aromatic rings. The van der Waals surface area contributed by atoms with Gasteiger partial charge in [-0.05, 0) is 24.1 Å². The van der Waals surface area contributed by atoms with Gasteiger partial charge in [0.05, 0.1) is 13.2 Å². The van der Waals surface area contributed by atoms with Gasteiger partial charge in [0, 0.05) is 0 Å². The van der Waals surface area contributed by atoms with Crippen LogP contribution in [0.4, 0.5) is 0 Å². The minimum absolute atomic E-state index is 0.0940. The third kappa shape index (κ3) is 4.84. The number of unbranched alkanes of at least 4 members (excludes halogenated alkanes) is 3. The van der Waals surface area contributed by atoms with Crippen LogP contribution in [0.1, 0.15) is 38.2 Å². The van der Waals surface area contributed by atoms with Gasteiger partial charge in [0.1, 0.15) is 5.75 Å². The van der Waals surface area contributed by atoms with Crippen LogP contribution in [0.3, 0.4) is 0 Å². The average molecular weight is 208 g/mol. The van der Waals surface area contributed by atoms with Gasteiger partial charge in [0.25, 0.3) is 0 Å². The molecule has 0 aliphatic carbocycles. The fraction of sp³-hybridized carbons (Fsp3) is 0.538. The van der Waals surface area contributed by atoms with Crippen LogP contribution in [-0.4, -0.2) is 11.7 Å². The second-order valence-electron chi connectivity index (χ2n) is 3.71. The Morgan fingerprint density at radius 1 is 1.07 bits per heavy atom. The van der Waals surface area contributed by atoms with Crippen LogP contribution >= 0.6 is 0 Å². The lowest BCUT2D eigenvalue weighted by molar-refractivity contribution is 0.281.